The lowest BCUT2D eigenvalue weighted by molar-refractivity contribution is -0.151. The van der Waals surface area contributed by atoms with Crippen molar-refractivity contribution < 1.29 is 14.7 Å². The average molecular weight is 540 g/mol. The van der Waals surface area contributed by atoms with Crippen LogP contribution in [0.2, 0.25) is 10.0 Å². The number of aliphatic hydroxyl groups excluding tert-OH is 1. The number of amides is 2. The minimum atomic E-state index is -1.14. The van der Waals surface area contributed by atoms with Gasteiger partial charge in [0.1, 0.15) is 11.5 Å². The number of likely N-dealkylation sites (N-methyl/N-ethyl adjacent to an activating group) is 1. The highest BCUT2D eigenvalue weighted by atomic mass is 35.5. The Morgan fingerprint density at radius 2 is 1.78 bits per heavy atom. The van der Waals surface area contributed by atoms with Crippen LogP contribution in [0, 0.1) is 18.8 Å². The smallest absolute Gasteiger partial charge is 0.275 e. The summed E-state index contributed by atoms with van der Waals surface area (Å²) in [6.07, 6.45) is 0.325. The first-order valence-corrected chi connectivity index (χ1v) is 13.0. The zero-order chi connectivity index (χ0) is 26.5. The van der Waals surface area contributed by atoms with Gasteiger partial charge in [-0.25, -0.2) is 5.01 Å². The number of halogens is 2. The van der Waals surface area contributed by atoms with Crippen LogP contribution in [0.4, 0.5) is 5.69 Å². The fourth-order valence-electron chi connectivity index (χ4n) is 6.24. The van der Waals surface area contributed by atoms with E-state index in [-0.39, 0.29) is 35.7 Å². The molecule has 4 atom stereocenters. The fourth-order valence-corrected chi connectivity index (χ4v) is 6.67. The van der Waals surface area contributed by atoms with Gasteiger partial charge in [-0.05, 0) is 47.7 Å². The second-order valence-corrected chi connectivity index (χ2v) is 11.3. The van der Waals surface area contributed by atoms with Crippen molar-refractivity contribution in [2.24, 2.45) is 16.9 Å². The maximum atomic E-state index is 14.1. The van der Waals surface area contributed by atoms with Crippen LogP contribution in [0.25, 0.3) is 11.1 Å². The van der Waals surface area contributed by atoms with Crippen LogP contribution in [-0.4, -0.2) is 63.9 Å². The highest BCUT2D eigenvalue weighted by molar-refractivity contribution is 6.49. The van der Waals surface area contributed by atoms with Crippen LogP contribution in [0.15, 0.2) is 47.3 Å². The number of nitrogens with zero attached hydrogens (tertiary/aromatic N) is 5. The summed E-state index contributed by atoms with van der Waals surface area (Å²) < 4.78 is 0. The number of hydrogen-bond acceptors (Lipinski definition) is 6. The first-order valence-electron chi connectivity index (χ1n) is 12.2. The second-order valence-electron chi connectivity index (χ2n) is 10.4. The third-order valence-electron chi connectivity index (χ3n) is 7.98. The van der Waals surface area contributed by atoms with Crippen LogP contribution in [-0.2, 0) is 9.59 Å². The van der Waals surface area contributed by atoms with Crippen LogP contribution >= 0.6 is 23.2 Å². The summed E-state index contributed by atoms with van der Waals surface area (Å²) in [5, 5.41) is 18.4. The lowest BCUT2D eigenvalue weighted by atomic mass is 9.78. The van der Waals surface area contributed by atoms with Gasteiger partial charge >= 0.3 is 0 Å². The Balaban J connectivity index is 1.57. The number of hydrogen-bond donors (Lipinski definition) is 1. The van der Waals surface area contributed by atoms with Gasteiger partial charge in [0.15, 0.2) is 0 Å². The summed E-state index contributed by atoms with van der Waals surface area (Å²) in [7, 11) is 3.25. The van der Waals surface area contributed by atoms with Crippen molar-refractivity contribution >= 4 is 46.4 Å². The first kappa shape index (κ1) is 24.3. The Morgan fingerprint density at radius 3 is 2.49 bits per heavy atom. The van der Waals surface area contributed by atoms with Crippen LogP contribution in [0.1, 0.15) is 31.0 Å². The predicted molar refractivity (Wildman–Crippen MR) is 143 cm³/mol. The van der Waals surface area contributed by atoms with E-state index in [4.69, 9.17) is 28.3 Å². The summed E-state index contributed by atoms with van der Waals surface area (Å²) in [5.41, 5.74) is 4.83. The van der Waals surface area contributed by atoms with E-state index >= 15 is 0 Å². The van der Waals surface area contributed by atoms with Crippen LogP contribution < -0.4 is 4.90 Å². The van der Waals surface area contributed by atoms with Gasteiger partial charge in [0.25, 0.3) is 11.8 Å². The third-order valence-corrected chi connectivity index (χ3v) is 8.53. The minimum absolute atomic E-state index is 0.0674. The molecule has 192 valence electrons. The van der Waals surface area contributed by atoms with Crippen molar-refractivity contribution in [1.29, 1.82) is 0 Å². The molecule has 10 heteroatoms. The molecule has 2 amide bonds. The van der Waals surface area contributed by atoms with E-state index in [0.29, 0.717) is 21.6 Å². The van der Waals surface area contributed by atoms with E-state index < -0.39 is 6.35 Å². The third kappa shape index (κ3) is 3.22. The quantitative estimate of drug-likeness (QED) is 0.618. The largest absolute Gasteiger partial charge is 0.356 e. The molecule has 0 aromatic heterocycles. The topological polar surface area (TPSA) is 79.7 Å². The second kappa shape index (κ2) is 8.21. The molecule has 4 aliphatic rings. The van der Waals surface area contributed by atoms with Gasteiger partial charge in [-0.3, -0.25) is 19.4 Å². The molecule has 0 bridgehead atoms. The maximum Gasteiger partial charge on any atom is 0.275 e. The molecule has 0 saturated carbocycles. The number of aryl methyl sites for hydroxylation is 1. The molecule has 1 fully saturated rings. The van der Waals surface area contributed by atoms with Crippen molar-refractivity contribution in [3.05, 3.63) is 63.4 Å². The van der Waals surface area contributed by atoms with Gasteiger partial charge in [0, 0.05) is 30.8 Å². The lowest BCUT2D eigenvalue weighted by Gasteiger charge is -2.44. The number of benzene rings is 2. The standard InChI is InChI=1S/C27H27Cl2N5O3/c1-12(2)23-21-22(30-34(23)18-11-19(35)32(5)27(37)31(18)4)26(36)33-24-13(3)6-9-17(29)20(24)16-10-14(28)7-8-15(16)25(21)33/h6-12,21,23,25,27,37H,1-5H3. The molecular formula is C27H27Cl2N5O3. The molecule has 1 saturated heterocycles. The minimum Gasteiger partial charge on any atom is -0.356 e. The number of carbonyl (C=O) groups is 2. The number of hydrazone groups is 1. The monoisotopic (exact) mass is 539 g/mol. The molecule has 0 aliphatic carbocycles. The van der Waals surface area contributed by atoms with E-state index in [2.05, 4.69) is 13.8 Å². The fraction of sp³-hybridized carbons (Fsp3) is 0.370. The molecule has 37 heavy (non-hydrogen) atoms. The Labute approximate surface area is 225 Å². The number of rotatable bonds is 2. The Bertz CT molecular complexity index is 1440. The van der Waals surface area contributed by atoms with E-state index in [1.54, 1.807) is 17.0 Å². The molecule has 2 aromatic rings. The van der Waals surface area contributed by atoms with Gasteiger partial charge in [-0.2, -0.15) is 5.10 Å². The molecule has 0 spiro atoms. The highest BCUT2D eigenvalue weighted by Gasteiger charge is 2.59. The summed E-state index contributed by atoms with van der Waals surface area (Å²) in [4.78, 5) is 31.4. The SMILES string of the molecule is Cc1ccc(Cl)c2c1N1C(=O)C3=NN(C4=CC(=O)N(C)C(O)N4C)C(C(C)C)C3C1c1ccc(Cl)cc1-2. The maximum absolute atomic E-state index is 14.1. The van der Waals surface area contributed by atoms with Crippen molar-refractivity contribution in [2.45, 2.75) is 39.2 Å². The summed E-state index contributed by atoms with van der Waals surface area (Å²) in [5.74, 6) is -0.260. The van der Waals surface area contributed by atoms with E-state index in [9.17, 15) is 14.7 Å². The van der Waals surface area contributed by atoms with Crippen molar-refractivity contribution in [3.8, 4) is 11.1 Å². The van der Waals surface area contributed by atoms with Gasteiger partial charge in [-0.1, -0.05) is 49.2 Å². The molecule has 4 unspecified atom stereocenters. The molecule has 6 rings (SSSR count). The molecular weight excluding hydrogens is 513 g/mol. The number of aliphatic hydroxyl groups is 1. The highest BCUT2D eigenvalue weighted by Crippen LogP contribution is 2.57. The van der Waals surface area contributed by atoms with Gasteiger partial charge < -0.3 is 10.0 Å². The zero-order valence-corrected chi connectivity index (χ0v) is 22.6. The normalized spacial score (nSPS) is 26.3. The van der Waals surface area contributed by atoms with Crippen LogP contribution in [0.5, 0.6) is 0 Å². The van der Waals surface area contributed by atoms with Crippen LogP contribution in [0.3, 0.4) is 0 Å². The van der Waals surface area contributed by atoms with Crippen molar-refractivity contribution in [1.82, 2.24) is 14.8 Å². The van der Waals surface area contributed by atoms with E-state index in [0.717, 1.165) is 27.9 Å². The molecule has 2 aromatic carbocycles. The Hall–Kier alpha value is -3.07. The molecule has 1 N–H and O–H groups in total. The summed E-state index contributed by atoms with van der Waals surface area (Å²) in [6, 6.07) is 8.94. The van der Waals surface area contributed by atoms with E-state index in [1.807, 2.05) is 42.2 Å². The van der Waals surface area contributed by atoms with Crippen molar-refractivity contribution in [3.63, 3.8) is 0 Å². The number of carbonyl (C=O) groups excluding carboxylic acids is 2. The molecule has 4 aliphatic heterocycles. The van der Waals surface area contributed by atoms with Crippen molar-refractivity contribution in [2.75, 3.05) is 19.0 Å². The lowest BCUT2D eigenvalue weighted by Crippen LogP contribution is -2.54. The Morgan fingerprint density at radius 1 is 1.05 bits per heavy atom. The van der Waals surface area contributed by atoms with Gasteiger partial charge in [0.05, 0.1) is 28.7 Å². The van der Waals surface area contributed by atoms with Gasteiger partial charge in [-0.15, -0.1) is 0 Å². The molecule has 4 heterocycles. The van der Waals surface area contributed by atoms with E-state index in [1.165, 1.54) is 18.0 Å². The zero-order valence-electron chi connectivity index (χ0n) is 21.1. The molecule has 0 radical (unpaired) electrons. The molecule has 8 nitrogen and oxygen atoms in total. The first-order chi connectivity index (χ1) is 17.5. The summed E-state index contributed by atoms with van der Waals surface area (Å²) in [6.45, 7) is 6.14. The number of anilines is 1. The van der Waals surface area contributed by atoms with Gasteiger partial charge in [0.2, 0.25) is 6.35 Å². The average Bonchev–Trinajstić information content (AvgIpc) is 3.37. The Kier molecular flexibility index (Phi) is 5.39. The summed E-state index contributed by atoms with van der Waals surface area (Å²) >= 11 is 13.2. The number of fused-ring (bicyclic) bond motifs is 8. The predicted octanol–water partition coefficient (Wildman–Crippen LogP) is 4.20.